The number of aliphatic hydroxyl groups excluding tert-OH is 1. The van der Waals surface area contributed by atoms with Gasteiger partial charge in [0, 0.05) is 10.6 Å². The Labute approximate surface area is 93.9 Å². The topological polar surface area (TPSA) is 46.2 Å². The average Bonchev–Trinajstić information content (AvgIpc) is 2.17. The van der Waals surface area contributed by atoms with Gasteiger partial charge in [-0.3, -0.25) is 0 Å². The normalized spacial score (nSPS) is 15.0. The molecule has 2 nitrogen and oxygen atoms in total. The third-order valence-corrected chi connectivity index (χ3v) is 2.56. The summed E-state index contributed by atoms with van der Waals surface area (Å²) in [6.07, 6.45) is 0.651. The maximum Gasteiger partial charge on any atom is 0.129 e. The second-order valence-electron chi connectivity index (χ2n) is 3.55. The molecule has 0 amide bonds. The molecule has 84 valence electrons. The Morgan fingerprint density at radius 2 is 2.20 bits per heavy atom. The van der Waals surface area contributed by atoms with Gasteiger partial charge in [0.2, 0.25) is 0 Å². The molecular weight excluding hydrogens is 217 g/mol. The first-order valence-electron chi connectivity index (χ1n) is 4.94. The first-order chi connectivity index (χ1) is 7.06. The summed E-state index contributed by atoms with van der Waals surface area (Å²) in [5, 5.41) is 9.97. The van der Waals surface area contributed by atoms with Crippen molar-refractivity contribution in [3.8, 4) is 0 Å². The molecule has 0 bridgehead atoms. The van der Waals surface area contributed by atoms with Crippen LogP contribution < -0.4 is 5.73 Å². The number of hydrogen-bond donors (Lipinski definition) is 2. The van der Waals surface area contributed by atoms with E-state index in [0.29, 0.717) is 17.0 Å². The molecule has 1 aromatic carbocycles. The highest BCUT2D eigenvalue weighted by Crippen LogP contribution is 2.23. The van der Waals surface area contributed by atoms with Gasteiger partial charge < -0.3 is 10.8 Å². The first-order valence-corrected chi connectivity index (χ1v) is 5.32. The Morgan fingerprint density at radius 1 is 1.53 bits per heavy atom. The molecule has 0 aliphatic carbocycles. The predicted octanol–water partition coefficient (Wildman–Crippen LogP) is 2.64. The lowest BCUT2D eigenvalue weighted by Crippen LogP contribution is -2.26. The summed E-state index contributed by atoms with van der Waals surface area (Å²) in [5.74, 6) is -0.467. The van der Waals surface area contributed by atoms with E-state index in [4.69, 9.17) is 17.3 Å². The smallest absolute Gasteiger partial charge is 0.129 e. The number of rotatable bonds is 4. The van der Waals surface area contributed by atoms with E-state index in [2.05, 4.69) is 0 Å². The van der Waals surface area contributed by atoms with Crippen LogP contribution in [0.25, 0.3) is 0 Å². The molecule has 0 saturated carbocycles. The summed E-state index contributed by atoms with van der Waals surface area (Å²) in [7, 11) is 0. The molecule has 2 atom stereocenters. The molecule has 1 aromatic rings. The van der Waals surface area contributed by atoms with Crippen LogP contribution in [-0.4, -0.2) is 11.2 Å². The Balaban J connectivity index is 2.86. The second-order valence-corrected chi connectivity index (χ2v) is 3.98. The van der Waals surface area contributed by atoms with Crippen LogP contribution in [0.2, 0.25) is 5.02 Å². The van der Waals surface area contributed by atoms with E-state index >= 15 is 0 Å². The number of nitrogens with two attached hydrogens (primary N) is 1. The fraction of sp³-hybridized carbons (Fsp3) is 0.455. The Bertz CT molecular complexity index is 332. The van der Waals surface area contributed by atoms with Crippen molar-refractivity contribution in [3.05, 3.63) is 34.6 Å². The van der Waals surface area contributed by atoms with Crippen LogP contribution in [0.1, 0.15) is 31.4 Å². The van der Waals surface area contributed by atoms with E-state index in [0.717, 1.165) is 6.42 Å². The quantitative estimate of drug-likeness (QED) is 0.837. The van der Waals surface area contributed by atoms with E-state index in [9.17, 15) is 9.50 Å². The minimum absolute atomic E-state index is 0.306. The van der Waals surface area contributed by atoms with Gasteiger partial charge in [0.1, 0.15) is 5.82 Å². The fourth-order valence-electron chi connectivity index (χ4n) is 1.45. The summed E-state index contributed by atoms with van der Waals surface area (Å²) in [6, 6.07) is 3.59. The zero-order valence-electron chi connectivity index (χ0n) is 8.58. The summed E-state index contributed by atoms with van der Waals surface area (Å²) in [6.45, 7) is 1.94. The van der Waals surface area contributed by atoms with Crippen LogP contribution in [0.3, 0.4) is 0 Å². The van der Waals surface area contributed by atoms with E-state index in [1.54, 1.807) is 6.07 Å². The second kappa shape index (κ2) is 5.45. The van der Waals surface area contributed by atoms with E-state index < -0.39 is 18.0 Å². The molecule has 0 aromatic heterocycles. The van der Waals surface area contributed by atoms with Gasteiger partial charge in [-0.05, 0) is 18.6 Å². The molecule has 0 radical (unpaired) electrons. The minimum Gasteiger partial charge on any atom is -0.391 e. The zero-order chi connectivity index (χ0) is 11.4. The Morgan fingerprint density at radius 3 is 2.73 bits per heavy atom. The van der Waals surface area contributed by atoms with E-state index in [-0.39, 0.29) is 0 Å². The summed E-state index contributed by atoms with van der Waals surface area (Å²) < 4.78 is 13.4. The van der Waals surface area contributed by atoms with Gasteiger partial charge >= 0.3 is 0 Å². The molecule has 0 fully saturated rings. The third kappa shape index (κ3) is 3.16. The van der Waals surface area contributed by atoms with E-state index in [1.165, 1.54) is 12.1 Å². The van der Waals surface area contributed by atoms with Gasteiger partial charge in [0.15, 0.2) is 0 Å². The van der Waals surface area contributed by atoms with Crippen LogP contribution >= 0.6 is 11.6 Å². The molecular formula is C11H15ClFNO. The molecule has 1 rings (SSSR count). The summed E-state index contributed by atoms with van der Waals surface area (Å²) >= 11 is 5.62. The molecule has 15 heavy (non-hydrogen) atoms. The van der Waals surface area contributed by atoms with E-state index in [1.807, 2.05) is 6.92 Å². The lowest BCUT2D eigenvalue weighted by Gasteiger charge is -2.19. The zero-order valence-corrected chi connectivity index (χ0v) is 9.34. The largest absolute Gasteiger partial charge is 0.391 e. The van der Waals surface area contributed by atoms with Gasteiger partial charge in [-0.2, -0.15) is 0 Å². The van der Waals surface area contributed by atoms with Crippen LogP contribution in [0.4, 0.5) is 4.39 Å². The predicted molar refractivity (Wildman–Crippen MR) is 59.3 cm³/mol. The fourth-order valence-corrected chi connectivity index (χ4v) is 1.61. The molecule has 0 saturated heterocycles. The van der Waals surface area contributed by atoms with Gasteiger partial charge in [0.05, 0.1) is 12.1 Å². The highest BCUT2D eigenvalue weighted by atomic mass is 35.5. The molecule has 3 N–H and O–H groups in total. The van der Waals surface area contributed by atoms with Gasteiger partial charge in [-0.25, -0.2) is 4.39 Å². The molecule has 0 spiro atoms. The first kappa shape index (κ1) is 12.4. The molecule has 0 aliphatic rings. The van der Waals surface area contributed by atoms with Crippen molar-refractivity contribution in [1.82, 2.24) is 0 Å². The molecule has 0 heterocycles. The van der Waals surface area contributed by atoms with Crippen molar-refractivity contribution in [2.24, 2.45) is 5.73 Å². The van der Waals surface area contributed by atoms with Crippen LogP contribution in [-0.2, 0) is 0 Å². The van der Waals surface area contributed by atoms with Crippen molar-refractivity contribution in [2.45, 2.75) is 31.9 Å². The average molecular weight is 232 g/mol. The van der Waals surface area contributed by atoms with Crippen molar-refractivity contribution in [3.63, 3.8) is 0 Å². The van der Waals surface area contributed by atoms with Crippen LogP contribution in [0.5, 0.6) is 0 Å². The minimum atomic E-state index is -0.717. The van der Waals surface area contributed by atoms with Crippen molar-refractivity contribution >= 4 is 11.6 Å². The highest BCUT2D eigenvalue weighted by molar-refractivity contribution is 6.30. The van der Waals surface area contributed by atoms with Crippen molar-refractivity contribution in [1.29, 1.82) is 0 Å². The maximum atomic E-state index is 13.4. The third-order valence-electron chi connectivity index (χ3n) is 2.32. The van der Waals surface area contributed by atoms with Gasteiger partial charge in [-0.1, -0.05) is 31.0 Å². The van der Waals surface area contributed by atoms with Crippen LogP contribution in [0.15, 0.2) is 18.2 Å². The number of halogens is 2. The Kier molecular flexibility index (Phi) is 4.51. The maximum absolute atomic E-state index is 13.4. The number of hydrogen-bond acceptors (Lipinski definition) is 2. The summed E-state index contributed by atoms with van der Waals surface area (Å²) in [4.78, 5) is 0. The Hall–Kier alpha value is -0.640. The van der Waals surface area contributed by atoms with Gasteiger partial charge in [0.25, 0.3) is 0 Å². The lowest BCUT2D eigenvalue weighted by atomic mass is 9.99. The SMILES string of the molecule is CCC[C@@H](O)[C@@H](N)c1ccc(Cl)cc1F. The number of aliphatic hydroxyl groups is 1. The lowest BCUT2D eigenvalue weighted by molar-refractivity contribution is 0.133. The summed E-state index contributed by atoms with van der Waals surface area (Å²) in [5.41, 5.74) is 6.05. The van der Waals surface area contributed by atoms with Crippen LogP contribution in [0, 0.1) is 5.82 Å². The molecule has 0 aliphatic heterocycles. The number of benzene rings is 1. The van der Waals surface area contributed by atoms with Gasteiger partial charge in [-0.15, -0.1) is 0 Å². The highest BCUT2D eigenvalue weighted by Gasteiger charge is 2.19. The monoisotopic (exact) mass is 231 g/mol. The van der Waals surface area contributed by atoms with Crippen molar-refractivity contribution < 1.29 is 9.50 Å². The standard InChI is InChI=1S/C11H15ClFNO/c1-2-3-10(15)11(14)8-5-4-7(12)6-9(8)13/h4-6,10-11,15H,2-3,14H2,1H3/t10-,11+/m1/s1. The van der Waals surface area contributed by atoms with Crippen molar-refractivity contribution in [2.75, 3.05) is 0 Å². The molecule has 4 heteroatoms. The molecule has 0 unspecified atom stereocenters.